The molecular weight excluding hydrogens is 280 g/mol. The molecule has 1 heteroatoms. The molecule has 1 N–H and O–H groups in total. The molecule has 1 rings (SSSR count). The summed E-state index contributed by atoms with van der Waals surface area (Å²) in [6.45, 7) is 6.86. The molecule has 0 bridgehead atoms. The smallest absolute Gasteiger partial charge is 0.115 e. The van der Waals surface area contributed by atoms with E-state index >= 15 is 0 Å². The maximum absolute atomic E-state index is 9.66. The minimum absolute atomic E-state index is 0.327. The molecule has 0 unspecified atom stereocenters. The first kappa shape index (κ1) is 20.1. The maximum Gasteiger partial charge on any atom is 0.115 e. The summed E-state index contributed by atoms with van der Waals surface area (Å²) in [4.78, 5) is 0. The fourth-order valence-corrected chi connectivity index (χ4v) is 3.76. The molecule has 23 heavy (non-hydrogen) atoms. The summed E-state index contributed by atoms with van der Waals surface area (Å²) in [5.41, 5.74) is 1.78. The average molecular weight is 319 g/mol. The highest BCUT2D eigenvalue weighted by Crippen LogP contribution is 2.41. The SMILES string of the molecule is CCCCCC(CCCCC)(CCCCC)c1ccc(O)cc1. The van der Waals surface area contributed by atoms with Crippen LogP contribution in [0, 0.1) is 0 Å². The van der Waals surface area contributed by atoms with Crippen molar-refractivity contribution in [3.8, 4) is 5.75 Å². The van der Waals surface area contributed by atoms with Gasteiger partial charge in [-0.2, -0.15) is 0 Å². The van der Waals surface area contributed by atoms with Crippen molar-refractivity contribution < 1.29 is 5.11 Å². The van der Waals surface area contributed by atoms with E-state index in [4.69, 9.17) is 0 Å². The molecule has 0 radical (unpaired) electrons. The van der Waals surface area contributed by atoms with E-state index in [1.807, 2.05) is 12.1 Å². The van der Waals surface area contributed by atoms with Gasteiger partial charge in [0.25, 0.3) is 0 Å². The van der Waals surface area contributed by atoms with E-state index in [1.165, 1.54) is 82.6 Å². The Balaban J connectivity index is 2.95. The van der Waals surface area contributed by atoms with Crippen molar-refractivity contribution in [2.24, 2.45) is 0 Å². The normalized spacial score (nSPS) is 11.8. The van der Waals surface area contributed by atoms with Gasteiger partial charge in [-0.15, -0.1) is 0 Å². The molecule has 1 aromatic rings. The lowest BCUT2D eigenvalue weighted by Crippen LogP contribution is -2.26. The van der Waals surface area contributed by atoms with Gasteiger partial charge in [-0.05, 0) is 42.4 Å². The molecule has 0 atom stereocenters. The minimum Gasteiger partial charge on any atom is -0.508 e. The Kier molecular flexibility index (Phi) is 10.1. The lowest BCUT2D eigenvalue weighted by molar-refractivity contribution is 0.302. The van der Waals surface area contributed by atoms with E-state index < -0.39 is 0 Å². The second-order valence-corrected chi connectivity index (χ2v) is 7.20. The zero-order valence-corrected chi connectivity index (χ0v) is 15.7. The highest BCUT2D eigenvalue weighted by molar-refractivity contribution is 5.31. The summed E-state index contributed by atoms with van der Waals surface area (Å²) in [5.74, 6) is 0.387. The van der Waals surface area contributed by atoms with E-state index in [1.54, 1.807) is 0 Å². The minimum atomic E-state index is 0.327. The van der Waals surface area contributed by atoms with Gasteiger partial charge in [-0.3, -0.25) is 0 Å². The number of benzene rings is 1. The summed E-state index contributed by atoms with van der Waals surface area (Å²) >= 11 is 0. The van der Waals surface area contributed by atoms with Crippen molar-refractivity contribution in [2.45, 2.75) is 103 Å². The third-order valence-corrected chi connectivity index (χ3v) is 5.26. The van der Waals surface area contributed by atoms with Gasteiger partial charge < -0.3 is 5.11 Å². The molecule has 1 aromatic carbocycles. The van der Waals surface area contributed by atoms with Crippen molar-refractivity contribution in [2.75, 3.05) is 0 Å². The van der Waals surface area contributed by atoms with Gasteiger partial charge in [-0.1, -0.05) is 90.7 Å². The summed E-state index contributed by atoms with van der Waals surface area (Å²) in [7, 11) is 0. The number of rotatable bonds is 13. The van der Waals surface area contributed by atoms with E-state index in [0.717, 1.165) is 0 Å². The molecule has 0 spiro atoms. The third-order valence-electron chi connectivity index (χ3n) is 5.26. The van der Waals surface area contributed by atoms with Gasteiger partial charge in [0.2, 0.25) is 0 Å². The van der Waals surface area contributed by atoms with Gasteiger partial charge in [0.1, 0.15) is 5.75 Å². The number of hydrogen-bond donors (Lipinski definition) is 1. The van der Waals surface area contributed by atoms with Crippen LogP contribution >= 0.6 is 0 Å². The molecule has 0 aromatic heterocycles. The molecule has 0 heterocycles. The Bertz CT molecular complexity index is 366. The second-order valence-electron chi connectivity index (χ2n) is 7.20. The van der Waals surface area contributed by atoms with Crippen LogP contribution < -0.4 is 0 Å². The molecule has 0 aliphatic carbocycles. The van der Waals surface area contributed by atoms with E-state index in [0.29, 0.717) is 11.2 Å². The fourth-order valence-electron chi connectivity index (χ4n) is 3.76. The summed E-state index contributed by atoms with van der Waals surface area (Å²) < 4.78 is 0. The second kappa shape index (κ2) is 11.5. The Morgan fingerprint density at radius 2 is 1.04 bits per heavy atom. The molecule has 1 nitrogen and oxygen atoms in total. The molecule has 0 aliphatic rings. The first-order valence-corrected chi connectivity index (χ1v) is 9.98. The Morgan fingerprint density at radius 3 is 1.39 bits per heavy atom. The molecule has 0 saturated heterocycles. The molecule has 0 aliphatic heterocycles. The molecule has 0 fully saturated rings. The number of phenols is 1. The summed E-state index contributed by atoms with van der Waals surface area (Å²) in [6, 6.07) is 8.12. The van der Waals surface area contributed by atoms with Crippen LogP contribution in [-0.4, -0.2) is 5.11 Å². The highest BCUT2D eigenvalue weighted by Gasteiger charge is 2.30. The van der Waals surface area contributed by atoms with Crippen molar-refractivity contribution in [1.29, 1.82) is 0 Å². The van der Waals surface area contributed by atoms with Crippen molar-refractivity contribution in [3.05, 3.63) is 29.8 Å². The summed E-state index contributed by atoms with van der Waals surface area (Å²) in [5, 5.41) is 9.66. The zero-order chi connectivity index (χ0) is 17.0. The lowest BCUT2D eigenvalue weighted by atomic mass is 9.69. The van der Waals surface area contributed by atoms with Gasteiger partial charge in [0.15, 0.2) is 0 Å². The van der Waals surface area contributed by atoms with Crippen molar-refractivity contribution in [1.82, 2.24) is 0 Å². The monoisotopic (exact) mass is 318 g/mol. The first-order chi connectivity index (χ1) is 11.2. The lowest BCUT2D eigenvalue weighted by Gasteiger charge is -2.35. The molecular formula is C22H38O. The molecule has 0 saturated carbocycles. The Labute approximate surface area is 144 Å². The zero-order valence-electron chi connectivity index (χ0n) is 15.7. The van der Waals surface area contributed by atoms with Gasteiger partial charge >= 0.3 is 0 Å². The topological polar surface area (TPSA) is 20.2 Å². The van der Waals surface area contributed by atoms with Crippen LogP contribution in [0.5, 0.6) is 5.75 Å². The standard InChI is InChI=1S/C22H38O/c1-4-7-10-17-22(18-11-8-5-2,19-12-9-6-3)20-13-15-21(23)16-14-20/h13-16,23H,4-12,17-19H2,1-3H3. The quantitative estimate of drug-likeness (QED) is 0.376. The van der Waals surface area contributed by atoms with Crippen LogP contribution in [0.15, 0.2) is 24.3 Å². The van der Waals surface area contributed by atoms with E-state index in [9.17, 15) is 5.11 Å². The predicted octanol–water partition coefficient (Wildman–Crippen LogP) is 7.37. The van der Waals surface area contributed by atoms with E-state index in [2.05, 4.69) is 32.9 Å². The van der Waals surface area contributed by atoms with Crippen molar-refractivity contribution >= 4 is 0 Å². The Hall–Kier alpha value is -0.980. The molecule has 132 valence electrons. The number of unbranched alkanes of at least 4 members (excludes halogenated alkanes) is 6. The number of hydrogen-bond acceptors (Lipinski definition) is 1. The number of aromatic hydroxyl groups is 1. The summed E-state index contributed by atoms with van der Waals surface area (Å²) in [6.07, 6.45) is 15.8. The van der Waals surface area contributed by atoms with Crippen LogP contribution in [0.25, 0.3) is 0 Å². The average Bonchev–Trinajstić information content (AvgIpc) is 2.56. The maximum atomic E-state index is 9.66. The molecule has 0 amide bonds. The fraction of sp³-hybridized carbons (Fsp3) is 0.727. The van der Waals surface area contributed by atoms with Crippen molar-refractivity contribution in [3.63, 3.8) is 0 Å². The van der Waals surface area contributed by atoms with E-state index in [-0.39, 0.29) is 0 Å². The van der Waals surface area contributed by atoms with Gasteiger partial charge in [0.05, 0.1) is 0 Å². The Morgan fingerprint density at radius 1 is 0.652 bits per heavy atom. The predicted molar refractivity (Wildman–Crippen MR) is 102 cm³/mol. The van der Waals surface area contributed by atoms with Crippen LogP contribution in [0.1, 0.15) is 103 Å². The third kappa shape index (κ3) is 6.97. The van der Waals surface area contributed by atoms with Gasteiger partial charge in [-0.25, -0.2) is 0 Å². The van der Waals surface area contributed by atoms with Crippen LogP contribution in [0.3, 0.4) is 0 Å². The highest BCUT2D eigenvalue weighted by atomic mass is 16.3. The van der Waals surface area contributed by atoms with Crippen LogP contribution in [-0.2, 0) is 5.41 Å². The first-order valence-electron chi connectivity index (χ1n) is 9.98. The largest absolute Gasteiger partial charge is 0.508 e. The van der Waals surface area contributed by atoms with Gasteiger partial charge in [0, 0.05) is 0 Å². The van der Waals surface area contributed by atoms with Crippen LogP contribution in [0.2, 0.25) is 0 Å². The van der Waals surface area contributed by atoms with Crippen LogP contribution in [0.4, 0.5) is 0 Å². The number of phenolic OH excluding ortho intramolecular Hbond substituents is 1.